The van der Waals surface area contributed by atoms with Crippen LogP contribution in [0.15, 0.2) is 0 Å². The summed E-state index contributed by atoms with van der Waals surface area (Å²) < 4.78 is 0. The summed E-state index contributed by atoms with van der Waals surface area (Å²) >= 11 is 0. The number of amides is 4. The Morgan fingerprint density at radius 2 is 1.95 bits per heavy atom. The summed E-state index contributed by atoms with van der Waals surface area (Å²) in [7, 11) is 0. The van der Waals surface area contributed by atoms with Crippen LogP contribution in [0.4, 0.5) is 4.79 Å². The molecular weight excluding hydrogens is 246 g/mol. The van der Waals surface area contributed by atoms with Gasteiger partial charge in [0.25, 0.3) is 5.91 Å². The molecular formula is C13H19N3O3. The number of carbonyl (C=O) groups is 3. The molecule has 0 saturated carbocycles. The highest BCUT2D eigenvalue weighted by Gasteiger charge is 2.52. The number of rotatable bonds is 2. The van der Waals surface area contributed by atoms with Crippen LogP contribution in [0.3, 0.4) is 0 Å². The van der Waals surface area contributed by atoms with Gasteiger partial charge in [-0.25, -0.2) is 4.79 Å². The molecule has 104 valence electrons. The molecule has 3 fully saturated rings. The molecule has 0 aromatic heterocycles. The molecule has 2 atom stereocenters. The van der Waals surface area contributed by atoms with Crippen molar-refractivity contribution in [2.75, 3.05) is 13.1 Å². The fourth-order valence-electron chi connectivity index (χ4n) is 3.37. The molecule has 0 aromatic carbocycles. The number of fused-ring (bicyclic) bond motifs is 1. The molecule has 3 aliphatic rings. The first kappa shape index (κ1) is 12.4. The highest BCUT2D eigenvalue weighted by molar-refractivity contribution is 6.05. The minimum absolute atomic E-state index is 0.0349. The monoisotopic (exact) mass is 265 g/mol. The van der Waals surface area contributed by atoms with Crippen molar-refractivity contribution in [1.29, 1.82) is 0 Å². The van der Waals surface area contributed by atoms with Gasteiger partial charge in [0, 0.05) is 25.6 Å². The van der Waals surface area contributed by atoms with Crippen molar-refractivity contribution in [1.82, 2.24) is 14.7 Å². The van der Waals surface area contributed by atoms with Crippen molar-refractivity contribution in [3.63, 3.8) is 0 Å². The van der Waals surface area contributed by atoms with Gasteiger partial charge >= 0.3 is 6.03 Å². The van der Waals surface area contributed by atoms with Crippen LogP contribution in [0.5, 0.6) is 0 Å². The highest BCUT2D eigenvalue weighted by Crippen LogP contribution is 2.31. The molecule has 19 heavy (non-hydrogen) atoms. The van der Waals surface area contributed by atoms with Crippen LogP contribution in [-0.2, 0) is 9.59 Å². The van der Waals surface area contributed by atoms with Gasteiger partial charge in [0.2, 0.25) is 5.91 Å². The van der Waals surface area contributed by atoms with Crippen molar-refractivity contribution >= 4 is 17.8 Å². The van der Waals surface area contributed by atoms with Gasteiger partial charge in [-0.2, -0.15) is 0 Å². The zero-order valence-corrected chi connectivity index (χ0v) is 11.3. The summed E-state index contributed by atoms with van der Waals surface area (Å²) in [6, 6.07) is -0.628. The van der Waals surface area contributed by atoms with Crippen LogP contribution in [0.1, 0.15) is 33.1 Å². The number of nitrogens with zero attached hydrogens (tertiary/aromatic N) is 3. The number of likely N-dealkylation sites (tertiary alicyclic amines) is 1. The molecule has 0 bridgehead atoms. The molecule has 0 aromatic rings. The lowest BCUT2D eigenvalue weighted by molar-refractivity contribution is -0.129. The smallest absolute Gasteiger partial charge is 0.327 e. The molecule has 3 heterocycles. The Morgan fingerprint density at radius 3 is 2.53 bits per heavy atom. The zero-order valence-electron chi connectivity index (χ0n) is 11.3. The van der Waals surface area contributed by atoms with Crippen molar-refractivity contribution < 1.29 is 14.4 Å². The van der Waals surface area contributed by atoms with Gasteiger partial charge in [-0.05, 0) is 26.7 Å². The molecule has 0 aliphatic carbocycles. The summed E-state index contributed by atoms with van der Waals surface area (Å²) in [5, 5.41) is 0. The van der Waals surface area contributed by atoms with Crippen molar-refractivity contribution in [2.24, 2.45) is 0 Å². The Balaban J connectivity index is 1.79. The highest BCUT2D eigenvalue weighted by atomic mass is 16.2. The van der Waals surface area contributed by atoms with E-state index in [9.17, 15) is 14.4 Å². The van der Waals surface area contributed by atoms with Gasteiger partial charge in [0.15, 0.2) is 0 Å². The Hall–Kier alpha value is -1.59. The van der Waals surface area contributed by atoms with Gasteiger partial charge in [-0.3, -0.25) is 14.5 Å². The van der Waals surface area contributed by atoms with E-state index in [0.717, 1.165) is 12.8 Å². The maximum absolute atomic E-state index is 12.3. The molecule has 6 heteroatoms. The van der Waals surface area contributed by atoms with Crippen LogP contribution in [0, 0.1) is 0 Å². The van der Waals surface area contributed by atoms with E-state index >= 15 is 0 Å². The van der Waals surface area contributed by atoms with Crippen LogP contribution in [0.2, 0.25) is 0 Å². The van der Waals surface area contributed by atoms with Crippen LogP contribution < -0.4 is 0 Å². The number of hydrogen-bond donors (Lipinski definition) is 0. The van der Waals surface area contributed by atoms with Gasteiger partial charge in [-0.15, -0.1) is 0 Å². The van der Waals surface area contributed by atoms with E-state index in [0.29, 0.717) is 13.1 Å². The first-order valence-electron chi connectivity index (χ1n) is 6.94. The second-order valence-electron chi connectivity index (χ2n) is 5.84. The lowest BCUT2D eigenvalue weighted by atomic mass is 10.2. The van der Waals surface area contributed by atoms with Gasteiger partial charge < -0.3 is 9.80 Å². The predicted octanol–water partition coefficient (Wildman–Crippen LogP) is 0.422. The fourth-order valence-corrected chi connectivity index (χ4v) is 3.37. The first-order valence-corrected chi connectivity index (χ1v) is 6.94. The van der Waals surface area contributed by atoms with E-state index in [1.54, 1.807) is 9.80 Å². The quantitative estimate of drug-likeness (QED) is 0.680. The van der Waals surface area contributed by atoms with Gasteiger partial charge in [0.05, 0.1) is 6.04 Å². The third kappa shape index (κ3) is 1.73. The van der Waals surface area contributed by atoms with E-state index < -0.39 is 0 Å². The molecule has 0 radical (unpaired) electrons. The Labute approximate surface area is 112 Å². The molecule has 0 N–H and O–H groups in total. The Kier molecular flexibility index (Phi) is 2.76. The normalized spacial score (nSPS) is 31.1. The maximum atomic E-state index is 12.3. The third-order valence-corrected chi connectivity index (χ3v) is 4.35. The second-order valence-corrected chi connectivity index (χ2v) is 5.84. The second kappa shape index (κ2) is 4.21. The van der Waals surface area contributed by atoms with Crippen molar-refractivity contribution in [3.05, 3.63) is 0 Å². The lowest BCUT2D eigenvalue weighted by Gasteiger charge is -2.24. The average Bonchev–Trinajstić information content (AvgIpc) is 2.99. The van der Waals surface area contributed by atoms with E-state index in [1.165, 1.54) is 4.90 Å². The minimum atomic E-state index is -0.277. The van der Waals surface area contributed by atoms with E-state index in [4.69, 9.17) is 0 Å². The largest absolute Gasteiger partial charge is 0.338 e. The molecule has 4 amide bonds. The van der Waals surface area contributed by atoms with Crippen molar-refractivity contribution in [3.8, 4) is 0 Å². The van der Waals surface area contributed by atoms with E-state index in [2.05, 4.69) is 0 Å². The SMILES string of the molecule is CC(C)N1C[C@H](N2C(=O)[C@H]3CCCN3C2=O)CC1=O. The van der Waals surface area contributed by atoms with Crippen LogP contribution in [0.25, 0.3) is 0 Å². The maximum Gasteiger partial charge on any atom is 0.327 e. The summed E-state index contributed by atoms with van der Waals surface area (Å²) in [6.45, 7) is 5.05. The minimum Gasteiger partial charge on any atom is -0.338 e. The predicted molar refractivity (Wildman–Crippen MR) is 67.2 cm³/mol. The summed E-state index contributed by atoms with van der Waals surface area (Å²) in [5.74, 6) is -0.0708. The Bertz CT molecular complexity index is 426. The van der Waals surface area contributed by atoms with Crippen LogP contribution in [-0.4, -0.2) is 63.8 Å². The molecule has 3 aliphatic heterocycles. The molecule has 0 spiro atoms. The number of urea groups is 1. The molecule has 3 rings (SSSR count). The van der Waals surface area contributed by atoms with Gasteiger partial charge in [0.1, 0.15) is 6.04 Å². The zero-order chi connectivity index (χ0) is 13.7. The summed E-state index contributed by atoms with van der Waals surface area (Å²) in [6.07, 6.45) is 1.93. The topological polar surface area (TPSA) is 60.9 Å². The molecule has 6 nitrogen and oxygen atoms in total. The summed E-state index contributed by atoms with van der Waals surface area (Å²) in [5.41, 5.74) is 0. The fraction of sp³-hybridized carbons (Fsp3) is 0.769. The van der Waals surface area contributed by atoms with Gasteiger partial charge in [-0.1, -0.05) is 0 Å². The van der Waals surface area contributed by atoms with Crippen LogP contribution >= 0.6 is 0 Å². The standard InChI is InChI=1S/C13H19N3O3/c1-8(2)15-7-9(6-11(15)17)16-12(18)10-4-3-5-14(10)13(16)19/h8-10H,3-7H2,1-2H3/t9-,10-/m1/s1. The Morgan fingerprint density at radius 1 is 1.21 bits per heavy atom. The lowest BCUT2D eigenvalue weighted by Crippen LogP contribution is -2.44. The van der Waals surface area contributed by atoms with E-state index in [-0.39, 0.29) is 42.4 Å². The summed E-state index contributed by atoms with van der Waals surface area (Å²) in [4.78, 5) is 41.2. The number of imide groups is 1. The number of carbonyl (C=O) groups excluding carboxylic acids is 3. The number of hydrogen-bond acceptors (Lipinski definition) is 3. The molecule has 0 unspecified atom stereocenters. The third-order valence-electron chi connectivity index (χ3n) is 4.35. The first-order chi connectivity index (χ1) is 9.00. The average molecular weight is 265 g/mol. The molecule has 3 saturated heterocycles. The van der Waals surface area contributed by atoms with E-state index in [1.807, 2.05) is 13.8 Å². The van der Waals surface area contributed by atoms with Crippen molar-refractivity contribution in [2.45, 2.75) is 51.2 Å².